The van der Waals surface area contributed by atoms with Gasteiger partial charge in [0.15, 0.2) is 5.96 Å². The summed E-state index contributed by atoms with van der Waals surface area (Å²) in [7, 11) is 0. The van der Waals surface area contributed by atoms with Crippen molar-refractivity contribution in [2.75, 3.05) is 45.8 Å². The largest absolute Gasteiger partial charge is 0.357 e. The Hall–Kier alpha value is -0.570. The molecule has 2 heterocycles. The van der Waals surface area contributed by atoms with E-state index in [4.69, 9.17) is 4.99 Å². The molecule has 2 N–H and O–H groups in total. The molecule has 0 saturated carbocycles. The molecule has 0 bridgehead atoms. The third kappa shape index (κ3) is 8.11. The van der Waals surface area contributed by atoms with Crippen LogP contribution in [0.2, 0.25) is 0 Å². The number of carbonyl (C=O) groups is 1. The summed E-state index contributed by atoms with van der Waals surface area (Å²) in [5.41, 5.74) is 0. The number of hydrogen-bond donors (Lipinski definition) is 2. The van der Waals surface area contributed by atoms with E-state index >= 15 is 0 Å². The normalized spacial score (nSPS) is 19.8. The molecule has 1 amide bonds. The van der Waals surface area contributed by atoms with Crippen LogP contribution in [0.25, 0.3) is 0 Å². The number of likely N-dealkylation sites (tertiary alicyclic amines) is 2. The molecule has 6 nitrogen and oxygen atoms in total. The Kier molecular flexibility index (Phi) is 11.4. The SMILES string of the molecule is CCCN1CCC(NC(=NCCCN2CCCC2=O)NCC)CC1.I. The van der Waals surface area contributed by atoms with E-state index in [9.17, 15) is 4.79 Å². The summed E-state index contributed by atoms with van der Waals surface area (Å²) in [4.78, 5) is 20.8. The molecule has 0 aromatic carbocycles. The number of hydrogen-bond acceptors (Lipinski definition) is 3. The lowest BCUT2D eigenvalue weighted by atomic mass is 10.1. The second-order valence-electron chi connectivity index (χ2n) is 6.86. The number of piperidine rings is 1. The molecule has 146 valence electrons. The summed E-state index contributed by atoms with van der Waals surface area (Å²) in [5, 5.41) is 6.94. The average Bonchev–Trinajstić information content (AvgIpc) is 2.99. The smallest absolute Gasteiger partial charge is 0.222 e. The molecule has 2 rings (SSSR count). The molecule has 2 aliphatic rings. The van der Waals surface area contributed by atoms with Gasteiger partial charge in [-0.1, -0.05) is 6.92 Å². The number of rotatable bonds is 8. The summed E-state index contributed by atoms with van der Waals surface area (Å²) in [6, 6.07) is 0.524. The van der Waals surface area contributed by atoms with E-state index in [1.807, 2.05) is 4.90 Å². The van der Waals surface area contributed by atoms with Crippen LogP contribution in [0.3, 0.4) is 0 Å². The molecule has 0 radical (unpaired) electrons. The van der Waals surface area contributed by atoms with Crippen LogP contribution in [0.5, 0.6) is 0 Å². The standard InChI is InChI=1S/C18H35N5O.HI/c1-3-11-22-14-8-16(9-15-22)21-18(19-4-2)20-10-6-13-23-12-5-7-17(23)24;/h16H,3-15H2,1-2H3,(H2,19,20,21);1H. The van der Waals surface area contributed by atoms with E-state index in [1.54, 1.807) is 0 Å². The first kappa shape index (κ1) is 22.5. The van der Waals surface area contributed by atoms with E-state index in [0.29, 0.717) is 11.9 Å². The van der Waals surface area contributed by atoms with Gasteiger partial charge in [0.1, 0.15) is 0 Å². The molecular weight excluding hydrogens is 429 g/mol. The molecule has 25 heavy (non-hydrogen) atoms. The third-order valence-electron chi connectivity index (χ3n) is 4.84. The Morgan fingerprint density at radius 1 is 1.20 bits per heavy atom. The van der Waals surface area contributed by atoms with Gasteiger partial charge in [-0.05, 0) is 45.6 Å². The van der Waals surface area contributed by atoms with E-state index in [2.05, 4.69) is 29.4 Å². The van der Waals surface area contributed by atoms with Crippen molar-refractivity contribution in [3.05, 3.63) is 0 Å². The minimum atomic E-state index is 0. The highest BCUT2D eigenvalue weighted by atomic mass is 127. The molecular formula is C18H36IN5O. The van der Waals surface area contributed by atoms with Crippen molar-refractivity contribution in [3.8, 4) is 0 Å². The van der Waals surface area contributed by atoms with Crippen LogP contribution in [0.1, 0.15) is 52.4 Å². The molecule has 0 aromatic rings. The van der Waals surface area contributed by atoms with Crippen LogP contribution >= 0.6 is 24.0 Å². The fourth-order valence-corrected chi connectivity index (χ4v) is 3.52. The zero-order valence-corrected chi connectivity index (χ0v) is 18.3. The van der Waals surface area contributed by atoms with Crippen LogP contribution in [0.4, 0.5) is 0 Å². The quantitative estimate of drug-likeness (QED) is 0.249. The average molecular weight is 465 g/mol. The first-order valence-electron chi connectivity index (χ1n) is 9.78. The first-order chi connectivity index (χ1) is 11.7. The maximum atomic E-state index is 11.6. The van der Waals surface area contributed by atoms with Crippen molar-refractivity contribution >= 4 is 35.8 Å². The lowest BCUT2D eigenvalue weighted by Crippen LogP contribution is -2.48. The van der Waals surface area contributed by atoms with Crippen LogP contribution < -0.4 is 10.6 Å². The summed E-state index contributed by atoms with van der Waals surface area (Å²) in [6.45, 7) is 11.4. The number of amides is 1. The van der Waals surface area contributed by atoms with Crippen molar-refractivity contribution in [3.63, 3.8) is 0 Å². The number of nitrogens with one attached hydrogen (secondary N) is 2. The van der Waals surface area contributed by atoms with Gasteiger partial charge in [0.05, 0.1) is 0 Å². The van der Waals surface area contributed by atoms with Gasteiger partial charge in [0.2, 0.25) is 5.91 Å². The lowest BCUT2D eigenvalue weighted by molar-refractivity contribution is -0.127. The van der Waals surface area contributed by atoms with Gasteiger partial charge in [0.25, 0.3) is 0 Å². The Bertz CT molecular complexity index is 410. The number of guanidine groups is 1. The van der Waals surface area contributed by atoms with Gasteiger partial charge in [-0.15, -0.1) is 24.0 Å². The Morgan fingerprint density at radius 2 is 1.96 bits per heavy atom. The predicted octanol–water partition coefficient (Wildman–Crippen LogP) is 2.05. The predicted molar refractivity (Wildman–Crippen MR) is 115 cm³/mol. The molecule has 0 unspecified atom stereocenters. The zero-order valence-electron chi connectivity index (χ0n) is 15.9. The molecule has 0 atom stereocenters. The maximum Gasteiger partial charge on any atom is 0.222 e. The minimum Gasteiger partial charge on any atom is -0.357 e. The molecule has 2 aliphatic heterocycles. The second-order valence-corrected chi connectivity index (χ2v) is 6.86. The monoisotopic (exact) mass is 465 g/mol. The summed E-state index contributed by atoms with van der Waals surface area (Å²) in [5.74, 6) is 1.24. The second kappa shape index (κ2) is 12.7. The summed E-state index contributed by atoms with van der Waals surface area (Å²) < 4.78 is 0. The van der Waals surface area contributed by atoms with Gasteiger partial charge in [0, 0.05) is 51.7 Å². The van der Waals surface area contributed by atoms with Crippen molar-refractivity contribution in [1.29, 1.82) is 0 Å². The van der Waals surface area contributed by atoms with Crippen LogP contribution in [0, 0.1) is 0 Å². The zero-order chi connectivity index (χ0) is 17.2. The number of carbonyl (C=O) groups excluding carboxylic acids is 1. The highest BCUT2D eigenvalue weighted by Gasteiger charge is 2.20. The van der Waals surface area contributed by atoms with Crippen molar-refractivity contribution < 1.29 is 4.79 Å². The fraction of sp³-hybridized carbons (Fsp3) is 0.889. The minimum absolute atomic E-state index is 0. The molecule has 2 saturated heterocycles. The lowest BCUT2D eigenvalue weighted by Gasteiger charge is -2.32. The highest BCUT2D eigenvalue weighted by Crippen LogP contribution is 2.11. The van der Waals surface area contributed by atoms with Crippen molar-refractivity contribution in [2.45, 2.75) is 58.4 Å². The number of nitrogens with zero attached hydrogens (tertiary/aromatic N) is 3. The van der Waals surface area contributed by atoms with Gasteiger partial charge in [-0.25, -0.2) is 0 Å². The molecule has 7 heteroatoms. The van der Waals surface area contributed by atoms with Gasteiger partial charge in [-0.2, -0.15) is 0 Å². The first-order valence-corrected chi connectivity index (χ1v) is 9.78. The topological polar surface area (TPSA) is 60.0 Å². The number of aliphatic imine (C=N–C) groups is 1. The van der Waals surface area contributed by atoms with Gasteiger partial charge < -0.3 is 20.4 Å². The summed E-state index contributed by atoms with van der Waals surface area (Å²) >= 11 is 0. The summed E-state index contributed by atoms with van der Waals surface area (Å²) in [6.07, 6.45) is 6.30. The number of halogens is 1. The maximum absolute atomic E-state index is 11.6. The van der Waals surface area contributed by atoms with Gasteiger partial charge >= 0.3 is 0 Å². The van der Waals surface area contributed by atoms with Crippen molar-refractivity contribution in [1.82, 2.24) is 20.4 Å². The molecule has 2 fully saturated rings. The van der Waals surface area contributed by atoms with E-state index in [-0.39, 0.29) is 24.0 Å². The Balaban J connectivity index is 0.00000312. The van der Waals surface area contributed by atoms with E-state index < -0.39 is 0 Å². The molecule has 0 spiro atoms. The molecule has 0 aromatic heterocycles. The molecule has 0 aliphatic carbocycles. The van der Waals surface area contributed by atoms with Crippen LogP contribution in [-0.2, 0) is 4.79 Å². The Labute approximate surface area is 170 Å². The highest BCUT2D eigenvalue weighted by molar-refractivity contribution is 14.0. The van der Waals surface area contributed by atoms with Crippen molar-refractivity contribution in [2.24, 2.45) is 4.99 Å². The van der Waals surface area contributed by atoms with E-state index in [1.165, 1.54) is 38.9 Å². The fourth-order valence-electron chi connectivity index (χ4n) is 3.52. The van der Waals surface area contributed by atoms with Gasteiger partial charge in [-0.3, -0.25) is 9.79 Å². The third-order valence-corrected chi connectivity index (χ3v) is 4.84. The van der Waals surface area contributed by atoms with Crippen LogP contribution in [-0.4, -0.2) is 73.5 Å². The van der Waals surface area contributed by atoms with E-state index in [0.717, 1.165) is 51.4 Å². The van der Waals surface area contributed by atoms with Crippen LogP contribution in [0.15, 0.2) is 4.99 Å². The Morgan fingerprint density at radius 3 is 2.56 bits per heavy atom.